The van der Waals surface area contributed by atoms with Crippen molar-refractivity contribution in [2.24, 2.45) is 10.7 Å². The first-order valence-electron chi connectivity index (χ1n) is 4.88. The van der Waals surface area contributed by atoms with Crippen LogP contribution in [-0.2, 0) is 4.79 Å². The second kappa shape index (κ2) is 4.84. The summed E-state index contributed by atoms with van der Waals surface area (Å²) in [6.45, 7) is 2.17. The van der Waals surface area contributed by atoms with Crippen LogP contribution in [0.5, 0.6) is 0 Å². The molecule has 0 fully saturated rings. The Labute approximate surface area is 78.6 Å². The summed E-state index contributed by atoms with van der Waals surface area (Å²) in [7, 11) is 0. The van der Waals surface area contributed by atoms with Gasteiger partial charge in [0.15, 0.2) is 5.96 Å². The Balaban J connectivity index is 2.18. The zero-order valence-corrected chi connectivity index (χ0v) is 8.05. The summed E-state index contributed by atoms with van der Waals surface area (Å²) < 4.78 is 0. The van der Waals surface area contributed by atoms with E-state index >= 15 is 0 Å². The largest absolute Gasteiger partial charge is 0.370 e. The highest BCUT2D eigenvalue weighted by Gasteiger charge is 2.23. The Morgan fingerprint density at radius 1 is 1.46 bits per heavy atom. The molecule has 0 saturated heterocycles. The van der Waals surface area contributed by atoms with Gasteiger partial charge < -0.3 is 5.73 Å². The summed E-state index contributed by atoms with van der Waals surface area (Å²) in [6, 6.07) is -0.225. The molecule has 1 aliphatic heterocycles. The van der Waals surface area contributed by atoms with Crippen LogP contribution in [0.15, 0.2) is 4.99 Å². The van der Waals surface area contributed by atoms with E-state index in [1.165, 1.54) is 19.3 Å². The number of hydrogen-bond donors (Lipinski definition) is 2. The van der Waals surface area contributed by atoms with Crippen LogP contribution in [-0.4, -0.2) is 17.9 Å². The van der Waals surface area contributed by atoms with E-state index in [1.807, 2.05) is 0 Å². The quantitative estimate of drug-likeness (QED) is 0.618. The number of unbranched alkanes of at least 4 members (excludes halogenated alkanes) is 3. The van der Waals surface area contributed by atoms with E-state index in [0.29, 0.717) is 0 Å². The summed E-state index contributed by atoms with van der Waals surface area (Å²) >= 11 is 0. The van der Waals surface area contributed by atoms with E-state index in [-0.39, 0.29) is 17.9 Å². The molecular weight excluding hydrogens is 166 g/mol. The Hall–Kier alpha value is -1.06. The van der Waals surface area contributed by atoms with Crippen LogP contribution in [0, 0.1) is 0 Å². The van der Waals surface area contributed by atoms with E-state index in [2.05, 4.69) is 17.2 Å². The second-order valence-corrected chi connectivity index (χ2v) is 3.37. The number of guanidine groups is 1. The van der Waals surface area contributed by atoms with Crippen LogP contribution in [0.2, 0.25) is 0 Å². The van der Waals surface area contributed by atoms with Crippen LogP contribution in [0.4, 0.5) is 0 Å². The molecule has 1 rings (SSSR count). The van der Waals surface area contributed by atoms with Crippen molar-refractivity contribution in [1.82, 2.24) is 5.32 Å². The van der Waals surface area contributed by atoms with Crippen molar-refractivity contribution in [3.05, 3.63) is 0 Å². The molecule has 0 bridgehead atoms. The van der Waals surface area contributed by atoms with Gasteiger partial charge in [0, 0.05) is 0 Å². The lowest BCUT2D eigenvalue weighted by Gasteiger charge is -2.02. The molecule has 4 nitrogen and oxygen atoms in total. The number of nitrogens with one attached hydrogen (secondary N) is 1. The molecule has 0 aromatic carbocycles. The van der Waals surface area contributed by atoms with Gasteiger partial charge in [-0.2, -0.15) is 0 Å². The van der Waals surface area contributed by atoms with Gasteiger partial charge in [-0.05, 0) is 6.42 Å². The fourth-order valence-corrected chi connectivity index (χ4v) is 1.43. The minimum atomic E-state index is -0.225. The van der Waals surface area contributed by atoms with Crippen LogP contribution >= 0.6 is 0 Å². The van der Waals surface area contributed by atoms with Gasteiger partial charge in [-0.3, -0.25) is 10.1 Å². The average Bonchev–Trinajstić information content (AvgIpc) is 2.39. The fraction of sp³-hybridized carbons (Fsp3) is 0.778. The molecule has 13 heavy (non-hydrogen) atoms. The number of nitrogens with two attached hydrogens (primary N) is 1. The number of hydrogen-bond acceptors (Lipinski definition) is 3. The molecule has 0 spiro atoms. The number of carbonyl (C=O) groups excluding carboxylic acids is 1. The first-order chi connectivity index (χ1) is 6.24. The van der Waals surface area contributed by atoms with E-state index in [0.717, 1.165) is 12.8 Å². The van der Waals surface area contributed by atoms with Gasteiger partial charge in [0.05, 0.1) is 0 Å². The molecule has 0 radical (unpaired) electrons. The summed E-state index contributed by atoms with van der Waals surface area (Å²) in [4.78, 5) is 15.1. The summed E-state index contributed by atoms with van der Waals surface area (Å²) in [5.41, 5.74) is 5.36. The maximum atomic E-state index is 11.1. The second-order valence-electron chi connectivity index (χ2n) is 3.37. The van der Waals surface area contributed by atoms with E-state index in [1.54, 1.807) is 0 Å². The molecular formula is C9H17N3O. The molecule has 3 N–H and O–H groups in total. The van der Waals surface area contributed by atoms with Crippen LogP contribution < -0.4 is 11.1 Å². The zero-order valence-electron chi connectivity index (χ0n) is 8.05. The lowest BCUT2D eigenvalue weighted by atomic mass is 10.1. The maximum absolute atomic E-state index is 11.1. The number of rotatable bonds is 5. The van der Waals surface area contributed by atoms with Gasteiger partial charge in [0.25, 0.3) is 5.91 Å². The standard InChI is InChI=1S/C9H17N3O/c1-2-3-4-5-6-7-8(13)12-9(10)11-7/h7H,2-6H2,1H3,(H3,10,11,12,13). The van der Waals surface area contributed by atoms with E-state index < -0.39 is 0 Å². The van der Waals surface area contributed by atoms with Gasteiger partial charge in [0.2, 0.25) is 0 Å². The number of aliphatic imine (C=N–C) groups is 1. The number of carbonyl (C=O) groups is 1. The van der Waals surface area contributed by atoms with Gasteiger partial charge in [0.1, 0.15) is 6.04 Å². The van der Waals surface area contributed by atoms with Gasteiger partial charge in [-0.1, -0.05) is 32.6 Å². The monoisotopic (exact) mass is 183 g/mol. The highest BCUT2D eigenvalue weighted by molar-refractivity contribution is 6.04. The van der Waals surface area contributed by atoms with Crippen molar-refractivity contribution in [3.8, 4) is 0 Å². The molecule has 1 atom stereocenters. The van der Waals surface area contributed by atoms with Crippen LogP contribution in [0.1, 0.15) is 39.0 Å². The van der Waals surface area contributed by atoms with Crippen LogP contribution in [0.25, 0.3) is 0 Å². The molecule has 0 saturated carbocycles. The lowest BCUT2D eigenvalue weighted by molar-refractivity contribution is -0.120. The smallest absolute Gasteiger partial charge is 0.251 e. The fourth-order valence-electron chi connectivity index (χ4n) is 1.43. The van der Waals surface area contributed by atoms with Crippen LogP contribution in [0.3, 0.4) is 0 Å². The Morgan fingerprint density at radius 2 is 2.23 bits per heavy atom. The Morgan fingerprint density at radius 3 is 2.77 bits per heavy atom. The van der Waals surface area contributed by atoms with E-state index in [4.69, 9.17) is 5.73 Å². The van der Waals surface area contributed by atoms with Crippen molar-refractivity contribution < 1.29 is 4.79 Å². The first-order valence-corrected chi connectivity index (χ1v) is 4.88. The van der Waals surface area contributed by atoms with Crippen molar-refractivity contribution in [3.63, 3.8) is 0 Å². The van der Waals surface area contributed by atoms with Gasteiger partial charge in [-0.25, -0.2) is 4.99 Å². The van der Waals surface area contributed by atoms with Crippen molar-refractivity contribution in [1.29, 1.82) is 0 Å². The number of nitrogens with zero attached hydrogens (tertiary/aromatic N) is 1. The number of amides is 1. The highest BCUT2D eigenvalue weighted by Crippen LogP contribution is 2.10. The minimum Gasteiger partial charge on any atom is -0.370 e. The maximum Gasteiger partial charge on any atom is 0.251 e. The predicted octanol–water partition coefficient (Wildman–Crippen LogP) is 0.770. The van der Waals surface area contributed by atoms with Gasteiger partial charge >= 0.3 is 0 Å². The van der Waals surface area contributed by atoms with E-state index in [9.17, 15) is 4.79 Å². The molecule has 0 aliphatic carbocycles. The third-order valence-corrected chi connectivity index (χ3v) is 2.18. The Kier molecular flexibility index (Phi) is 3.73. The van der Waals surface area contributed by atoms with Crippen molar-refractivity contribution >= 4 is 11.9 Å². The normalized spacial score (nSPS) is 21.5. The molecule has 4 heteroatoms. The highest BCUT2D eigenvalue weighted by atomic mass is 16.2. The van der Waals surface area contributed by atoms with Crippen molar-refractivity contribution in [2.45, 2.75) is 45.1 Å². The zero-order chi connectivity index (χ0) is 9.68. The summed E-state index contributed by atoms with van der Waals surface area (Å²) in [5.74, 6) is 0.222. The minimum absolute atomic E-state index is 0.0472. The third-order valence-electron chi connectivity index (χ3n) is 2.18. The predicted molar refractivity (Wildman–Crippen MR) is 52.3 cm³/mol. The molecule has 1 heterocycles. The lowest BCUT2D eigenvalue weighted by Crippen LogP contribution is -2.32. The van der Waals surface area contributed by atoms with Crippen molar-refractivity contribution in [2.75, 3.05) is 0 Å². The molecule has 0 aromatic rings. The SMILES string of the molecule is CCCCCCC1N=C(N)NC1=O. The summed E-state index contributed by atoms with van der Waals surface area (Å²) in [5, 5.41) is 2.50. The third kappa shape index (κ3) is 3.05. The Bertz CT molecular complexity index is 213. The molecule has 0 aromatic heterocycles. The first kappa shape index (κ1) is 10.0. The molecule has 74 valence electrons. The average molecular weight is 183 g/mol. The topological polar surface area (TPSA) is 67.5 Å². The molecule has 1 aliphatic rings. The molecule has 1 amide bonds. The molecule has 1 unspecified atom stereocenters. The van der Waals surface area contributed by atoms with Gasteiger partial charge in [-0.15, -0.1) is 0 Å². The summed E-state index contributed by atoms with van der Waals surface area (Å²) in [6.07, 6.45) is 5.50.